The van der Waals surface area contributed by atoms with Crippen LogP contribution in [0.15, 0.2) is 22.7 Å². The Bertz CT molecular complexity index is 349. The van der Waals surface area contributed by atoms with E-state index < -0.39 is 6.10 Å². The van der Waals surface area contributed by atoms with Crippen LogP contribution in [0.5, 0.6) is 0 Å². The number of rotatable bonds is 4. The van der Waals surface area contributed by atoms with Crippen LogP contribution in [0.4, 0.5) is 4.39 Å². The van der Waals surface area contributed by atoms with Crippen LogP contribution in [0, 0.1) is 11.7 Å². The Morgan fingerprint density at radius 3 is 2.80 bits per heavy atom. The van der Waals surface area contributed by atoms with Gasteiger partial charge in [0, 0.05) is 4.47 Å². The third kappa shape index (κ3) is 3.02. The third-order valence-corrected chi connectivity index (χ3v) is 3.55. The molecule has 2 rings (SSSR count). The molecule has 1 aromatic rings. The summed E-state index contributed by atoms with van der Waals surface area (Å²) in [6.07, 6.45) is 3.98. The zero-order valence-corrected chi connectivity index (χ0v) is 10.0. The summed E-state index contributed by atoms with van der Waals surface area (Å²) in [6, 6.07) is 4.44. The summed E-state index contributed by atoms with van der Waals surface area (Å²) in [5, 5.41) is 9.92. The molecule has 1 N–H and O–H groups in total. The van der Waals surface area contributed by atoms with Gasteiger partial charge < -0.3 is 5.11 Å². The number of halogens is 2. The highest BCUT2D eigenvalue weighted by atomic mass is 79.9. The van der Waals surface area contributed by atoms with Crippen molar-refractivity contribution in [1.82, 2.24) is 0 Å². The standard InChI is InChI=1S/C12H14BrFO/c13-11-7-9(14)4-5-10(11)12(15)6-3-8-1-2-8/h4-5,7-8,12,15H,1-3,6H2. The second kappa shape index (κ2) is 4.62. The van der Waals surface area contributed by atoms with Gasteiger partial charge in [0.2, 0.25) is 0 Å². The molecular weight excluding hydrogens is 259 g/mol. The van der Waals surface area contributed by atoms with Crippen LogP contribution in [0.3, 0.4) is 0 Å². The third-order valence-electron chi connectivity index (χ3n) is 2.87. The number of hydrogen-bond acceptors (Lipinski definition) is 1. The summed E-state index contributed by atoms with van der Waals surface area (Å²) in [4.78, 5) is 0. The molecule has 1 aromatic carbocycles. The van der Waals surface area contributed by atoms with Gasteiger partial charge in [-0.3, -0.25) is 0 Å². The Hall–Kier alpha value is -0.410. The highest BCUT2D eigenvalue weighted by molar-refractivity contribution is 9.10. The maximum atomic E-state index is 12.8. The Morgan fingerprint density at radius 1 is 1.47 bits per heavy atom. The molecule has 0 saturated heterocycles. The average Bonchev–Trinajstić information content (AvgIpc) is 2.97. The Morgan fingerprint density at radius 2 is 2.20 bits per heavy atom. The van der Waals surface area contributed by atoms with Crippen molar-refractivity contribution in [2.24, 2.45) is 5.92 Å². The molecule has 15 heavy (non-hydrogen) atoms. The smallest absolute Gasteiger partial charge is 0.124 e. The van der Waals surface area contributed by atoms with Gasteiger partial charge in [-0.2, -0.15) is 0 Å². The second-order valence-electron chi connectivity index (χ2n) is 4.20. The van der Waals surface area contributed by atoms with Crippen LogP contribution in [-0.4, -0.2) is 5.11 Å². The van der Waals surface area contributed by atoms with Gasteiger partial charge >= 0.3 is 0 Å². The van der Waals surface area contributed by atoms with Gasteiger partial charge in [0.1, 0.15) is 5.82 Å². The van der Waals surface area contributed by atoms with E-state index in [0.717, 1.165) is 24.3 Å². The van der Waals surface area contributed by atoms with E-state index in [1.165, 1.54) is 25.0 Å². The van der Waals surface area contributed by atoms with Crippen LogP contribution in [0.25, 0.3) is 0 Å². The first kappa shape index (κ1) is 11.1. The van der Waals surface area contributed by atoms with Crippen molar-refractivity contribution in [2.45, 2.75) is 31.8 Å². The molecule has 0 spiro atoms. The topological polar surface area (TPSA) is 20.2 Å². The minimum Gasteiger partial charge on any atom is -0.388 e. The van der Waals surface area contributed by atoms with Gasteiger partial charge in [-0.1, -0.05) is 34.8 Å². The van der Waals surface area contributed by atoms with Gasteiger partial charge in [0.15, 0.2) is 0 Å². The van der Waals surface area contributed by atoms with Gasteiger partial charge in [0.05, 0.1) is 6.10 Å². The molecule has 1 unspecified atom stereocenters. The Labute approximate surface area is 97.4 Å². The molecule has 1 aliphatic rings. The van der Waals surface area contributed by atoms with Crippen LogP contribution in [0.1, 0.15) is 37.4 Å². The number of hydrogen-bond donors (Lipinski definition) is 1. The summed E-state index contributed by atoms with van der Waals surface area (Å²) in [5.41, 5.74) is 0.789. The molecule has 0 amide bonds. The molecule has 0 aliphatic heterocycles. The number of benzene rings is 1. The summed E-state index contributed by atoms with van der Waals surface area (Å²) in [7, 11) is 0. The molecule has 1 atom stereocenters. The van der Waals surface area contributed by atoms with E-state index in [1.54, 1.807) is 6.07 Å². The molecule has 3 heteroatoms. The van der Waals surface area contributed by atoms with E-state index in [1.807, 2.05) is 0 Å². The largest absolute Gasteiger partial charge is 0.388 e. The molecule has 0 aromatic heterocycles. The van der Waals surface area contributed by atoms with Crippen molar-refractivity contribution < 1.29 is 9.50 Å². The molecule has 1 saturated carbocycles. The predicted octanol–water partition coefficient (Wildman–Crippen LogP) is 3.81. The van der Waals surface area contributed by atoms with E-state index in [2.05, 4.69) is 15.9 Å². The lowest BCUT2D eigenvalue weighted by Crippen LogP contribution is -1.99. The first-order chi connectivity index (χ1) is 7.16. The van der Waals surface area contributed by atoms with Crippen molar-refractivity contribution in [3.05, 3.63) is 34.1 Å². The van der Waals surface area contributed by atoms with Gasteiger partial charge in [-0.25, -0.2) is 4.39 Å². The molecular formula is C12H14BrFO. The number of aliphatic hydroxyl groups is 1. The number of aliphatic hydroxyl groups excluding tert-OH is 1. The summed E-state index contributed by atoms with van der Waals surface area (Å²) in [6.45, 7) is 0. The Kier molecular flexibility index (Phi) is 3.42. The molecule has 0 heterocycles. The fourth-order valence-corrected chi connectivity index (χ4v) is 2.34. The maximum Gasteiger partial charge on any atom is 0.124 e. The van der Waals surface area contributed by atoms with Crippen LogP contribution in [-0.2, 0) is 0 Å². The van der Waals surface area contributed by atoms with E-state index >= 15 is 0 Å². The van der Waals surface area contributed by atoms with E-state index in [9.17, 15) is 9.50 Å². The zero-order valence-electron chi connectivity index (χ0n) is 8.42. The van der Waals surface area contributed by atoms with Crippen LogP contribution in [0.2, 0.25) is 0 Å². The van der Waals surface area contributed by atoms with E-state index in [4.69, 9.17) is 0 Å². The first-order valence-electron chi connectivity index (χ1n) is 5.30. The lowest BCUT2D eigenvalue weighted by Gasteiger charge is -2.12. The quantitative estimate of drug-likeness (QED) is 0.884. The molecule has 1 nitrogen and oxygen atoms in total. The molecule has 0 radical (unpaired) electrons. The molecule has 0 bridgehead atoms. The minimum atomic E-state index is -0.472. The Balaban J connectivity index is 1.99. The first-order valence-corrected chi connectivity index (χ1v) is 6.09. The maximum absolute atomic E-state index is 12.8. The average molecular weight is 273 g/mol. The SMILES string of the molecule is OC(CCC1CC1)c1ccc(F)cc1Br. The zero-order chi connectivity index (χ0) is 10.8. The van der Waals surface area contributed by atoms with Gasteiger partial charge in [0.25, 0.3) is 0 Å². The van der Waals surface area contributed by atoms with Crippen molar-refractivity contribution in [1.29, 1.82) is 0 Å². The lowest BCUT2D eigenvalue weighted by molar-refractivity contribution is 0.161. The van der Waals surface area contributed by atoms with Gasteiger partial charge in [-0.05, 0) is 36.5 Å². The predicted molar refractivity (Wildman–Crippen MR) is 61.0 cm³/mol. The van der Waals surface area contributed by atoms with Crippen molar-refractivity contribution in [3.63, 3.8) is 0 Å². The van der Waals surface area contributed by atoms with Crippen LogP contribution < -0.4 is 0 Å². The summed E-state index contributed by atoms with van der Waals surface area (Å²) < 4.78 is 13.5. The molecule has 1 fully saturated rings. The normalized spacial score (nSPS) is 17.8. The highest BCUT2D eigenvalue weighted by Crippen LogP contribution is 2.36. The summed E-state index contributed by atoms with van der Waals surface area (Å²) in [5.74, 6) is 0.541. The van der Waals surface area contributed by atoms with Crippen LogP contribution >= 0.6 is 15.9 Å². The van der Waals surface area contributed by atoms with Crippen molar-refractivity contribution >= 4 is 15.9 Å². The van der Waals surface area contributed by atoms with Crippen molar-refractivity contribution in [3.8, 4) is 0 Å². The second-order valence-corrected chi connectivity index (χ2v) is 5.06. The highest BCUT2D eigenvalue weighted by Gasteiger charge is 2.22. The van der Waals surface area contributed by atoms with Crippen molar-refractivity contribution in [2.75, 3.05) is 0 Å². The molecule has 1 aliphatic carbocycles. The monoisotopic (exact) mass is 272 g/mol. The minimum absolute atomic E-state index is 0.278. The van der Waals surface area contributed by atoms with E-state index in [0.29, 0.717) is 4.47 Å². The fourth-order valence-electron chi connectivity index (χ4n) is 1.73. The fraction of sp³-hybridized carbons (Fsp3) is 0.500. The van der Waals surface area contributed by atoms with E-state index in [-0.39, 0.29) is 5.82 Å². The molecule has 82 valence electrons. The van der Waals surface area contributed by atoms with Gasteiger partial charge in [-0.15, -0.1) is 0 Å². The summed E-state index contributed by atoms with van der Waals surface area (Å²) >= 11 is 3.27. The lowest BCUT2D eigenvalue weighted by atomic mass is 10.0.